The van der Waals surface area contributed by atoms with Gasteiger partial charge in [-0.15, -0.1) is 23.1 Å². The second-order valence-corrected chi connectivity index (χ2v) is 8.97. The average Bonchev–Trinajstić information content (AvgIpc) is 2.86. The Hall–Kier alpha value is -0.0000000000000000833. The van der Waals surface area contributed by atoms with E-state index in [1.54, 1.807) is 11.3 Å². The Morgan fingerprint density at radius 1 is 1.35 bits per heavy atom. The Labute approximate surface area is 141 Å². The van der Waals surface area contributed by atoms with Crippen LogP contribution in [0.4, 0.5) is 0 Å². The van der Waals surface area contributed by atoms with E-state index in [0.717, 1.165) is 17.2 Å². The fourth-order valence-electron chi connectivity index (χ4n) is 2.48. The predicted octanol–water partition coefficient (Wildman–Crippen LogP) is 6.05. The summed E-state index contributed by atoms with van der Waals surface area (Å²) in [6.07, 6.45) is 1.15. The van der Waals surface area contributed by atoms with Gasteiger partial charge in [0.15, 0.2) is 0 Å². The minimum Gasteiger partial charge on any atom is -0.303 e. The number of benzene rings is 1. The highest BCUT2D eigenvalue weighted by molar-refractivity contribution is 9.11. The number of halogens is 2. The number of hydrogen-bond donors (Lipinski definition) is 1. The van der Waals surface area contributed by atoms with Crippen LogP contribution in [-0.2, 0) is 0 Å². The third-order valence-corrected chi connectivity index (χ3v) is 6.65. The van der Waals surface area contributed by atoms with Gasteiger partial charge in [-0.3, -0.25) is 0 Å². The monoisotopic (exact) mass is 387 g/mol. The zero-order chi connectivity index (χ0) is 14.1. The van der Waals surface area contributed by atoms with Crippen LogP contribution in [0.2, 0.25) is 5.02 Å². The molecule has 1 nitrogen and oxygen atoms in total. The standard InChI is InChI=1S/C15H15BrClNS2/c1-9(13-4-5-15(16)20-13)18-12-6-7-19-14-3-2-10(17)8-11(12)14/h2-5,8-9,12,18H,6-7H2,1H3. The number of nitrogens with one attached hydrogen (secondary N) is 1. The molecule has 1 N–H and O–H groups in total. The van der Waals surface area contributed by atoms with Crippen LogP contribution in [0, 0.1) is 0 Å². The largest absolute Gasteiger partial charge is 0.303 e. The Kier molecular flexibility index (Phi) is 4.78. The number of thiophene rings is 1. The lowest BCUT2D eigenvalue weighted by Gasteiger charge is -2.28. The lowest BCUT2D eigenvalue weighted by atomic mass is 10.0. The van der Waals surface area contributed by atoms with Crippen molar-refractivity contribution in [2.75, 3.05) is 5.75 Å². The van der Waals surface area contributed by atoms with E-state index in [4.69, 9.17) is 11.6 Å². The molecule has 2 heterocycles. The van der Waals surface area contributed by atoms with Gasteiger partial charge in [0, 0.05) is 26.9 Å². The summed E-state index contributed by atoms with van der Waals surface area (Å²) in [5.74, 6) is 1.16. The summed E-state index contributed by atoms with van der Waals surface area (Å²) >= 11 is 13.4. The van der Waals surface area contributed by atoms with Crippen molar-refractivity contribution in [3.63, 3.8) is 0 Å². The average molecular weight is 389 g/mol. The Morgan fingerprint density at radius 3 is 2.95 bits per heavy atom. The molecule has 1 aromatic carbocycles. The first-order valence-electron chi connectivity index (χ1n) is 6.57. The van der Waals surface area contributed by atoms with Gasteiger partial charge in [0.05, 0.1) is 3.79 Å². The molecule has 0 radical (unpaired) electrons. The van der Waals surface area contributed by atoms with Gasteiger partial charge in [0.2, 0.25) is 0 Å². The van der Waals surface area contributed by atoms with Crippen LogP contribution in [0.25, 0.3) is 0 Å². The summed E-state index contributed by atoms with van der Waals surface area (Å²) < 4.78 is 1.18. The number of rotatable bonds is 3. The molecular weight excluding hydrogens is 374 g/mol. The fraction of sp³-hybridized carbons (Fsp3) is 0.333. The van der Waals surface area contributed by atoms with Gasteiger partial charge in [-0.1, -0.05) is 11.6 Å². The highest BCUT2D eigenvalue weighted by Gasteiger charge is 2.23. The van der Waals surface area contributed by atoms with E-state index in [1.807, 2.05) is 17.8 Å². The zero-order valence-corrected chi connectivity index (χ0v) is 15.0. The molecule has 2 unspecified atom stereocenters. The summed E-state index contributed by atoms with van der Waals surface area (Å²) in [6.45, 7) is 2.23. The van der Waals surface area contributed by atoms with Gasteiger partial charge in [-0.2, -0.15) is 0 Å². The molecule has 0 saturated heterocycles. The van der Waals surface area contributed by atoms with E-state index in [1.165, 1.54) is 19.1 Å². The summed E-state index contributed by atoms with van der Waals surface area (Å²) in [4.78, 5) is 2.72. The van der Waals surface area contributed by atoms with Gasteiger partial charge in [-0.05, 0) is 70.9 Å². The summed E-state index contributed by atoms with van der Waals surface area (Å²) in [7, 11) is 0. The normalized spacial score (nSPS) is 19.6. The number of fused-ring (bicyclic) bond motifs is 1. The van der Waals surface area contributed by atoms with Crippen molar-refractivity contribution in [2.45, 2.75) is 30.3 Å². The first-order chi connectivity index (χ1) is 9.63. The maximum absolute atomic E-state index is 6.16. The second kappa shape index (κ2) is 6.41. The number of hydrogen-bond acceptors (Lipinski definition) is 3. The molecule has 3 rings (SSSR count). The summed E-state index contributed by atoms with van der Waals surface area (Å²) in [5, 5.41) is 4.57. The van der Waals surface area contributed by atoms with E-state index in [2.05, 4.69) is 52.4 Å². The van der Waals surface area contributed by atoms with Crippen LogP contribution in [-0.4, -0.2) is 5.75 Å². The van der Waals surface area contributed by atoms with Crippen molar-refractivity contribution >= 4 is 50.6 Å². The lowest BCUT2D eigenvalue weighted by molar-refractivity contribution is 0.454. The summed E-state index contributed by atoms with van der Waals surface area (Å²) in [5.41, 5.74) is 1.34. The predicted molar refractivity (Wildman–Crippen MR) is 93.1 cm³/mol. The first kappa shape index (κ1) is 14.9. The molecule has 2 atom stereocenters. The molecule has 2 aromatic rings. The van der Waals surface area contributed by atoms with Gasteiger partial charge < -0.3 is 5.32 Å². The zero-order valence-electron chi connectivity index (χ0n) is 11.0. The van der Waals surface area contributed by atoms with Gasteiger partial charge in [0.25, 0.3) is 0 Å². The van der Waals surface area contributed by atoms with Crippen LogP contribution < -0.4 is 5.32 Å². The molecule has 1 aliphatic rings. The van der Waals surface area contributed by atoms with Crippen LogP contribution in [0.1, 0.15) is 35.9 Å². The van der Waals surface area contributed by atoms with E-state index >= 15 is 0 Å². The van der Waals surface area contributed by atoms with Crippen molar-refractivity contribution in [1.29, 1.82) is 0 Å². The lowest BCUT2D eigenvalue weighted by Crippen LogP contribution is -2.26. The molecular formula is C15H15BrClNS2. The highest BCUT2D eigenvalue weighted by atomic mass is 79.9. The SMILES string of the molecule is CC(NC1CCSc2ccc(Cl)cc21)c1ccc(Br)s1. The third kappa shape index (κ3) is 3.25. The van der Waals surface area contributed by atoms with E-state index in [0.29, 0.717) is 12.1 Å². The molecule has 0 amide bonds. The van der Waals surface area contributed by atoms with E-state index < -0.39 is 0 Å². The van der Waals surface area contributed by atoms with Gasteiger partial charge >= 0.3 is 0 Å². The molecule has 106 valence electrons. The van der Waals surface area contributed by atoms with Crippen molar-refractivity contribution in [2.24, 2.45) is 0 Å². The fourth-order valence-corrected chi connectivity index (χ4v) is 5.20. The molecule has 0 bridgehead atoms. The van der Waals surface area contributed by atoms with Crippen molar-refractivity contribution in [3.05, 3.63) is 49.6 Å². The van der Waals surface area contributed by atoms with Gasteiger partial charge in [0.1, 0.15) is 0 Å². The smallest absolute Gasteiger partial charge is 0.0701 e. The van der Waals surface area contributed by atoms with E-state index in [9.17, 15) is 0 Å². The Bertz CT molecular complexity index is 614. The molecule has 1 aliphatic heterocycles. The van der Waals surface area contributed by atoms with Crippen molar-refractivity contribution < 1.29 is 0 Å². The summed E-state index contributed by atoms with van der Waals surface area (Å²) in [6, 6.07) is 11.3. The minimum atomic E-state index is 0.353. The molecule has 20 heavy (non-hydrogen) atoms. The second-order valence-electron chi connectivity index (χ2n) is 4.90. The van der Waals surface area contributed by atoms with Crippen LogP contribution >= 0.6 is 50.6 Å². The molecule has 1 aromatic heterocycles. The molecule has 0 saturated carbocycles. The number of thioether (sulfide) groups is 1. The molecule has 0 fully saturated rings. The van der Waals surface area contributed by atoms with Gasteiger partial charge in [-0.25, -0.2) is 0 Å². The highest BCUT2D eigenvalue weighted by Crippen LogP contribution is 2.39. The van der Waals surface area contributed by atoms with E-state index in [-0.39, 0.29) is 0 Å². The Balaban J connectivity index is 1.80. The quantitative estimate of drug-likeness (QED) is 0.686. The first-order valence-corrected chi connectivity index (χ1v) is 9.54. The Morgan fingerprint density at radius 2 is 2.20 bits per heavy atom. The van der Waals surface area contributed by atoms with Crippen LogP contribution in [0.15, 0.2) is 39.0 Å². The molecule has 0 spiro atoms. The van der Waals surface area contributed by atoms with Crippen LogP contribution in [0.3, 0.4) is 0 Å². The minimum absolute atomic E-state index is 0.353. The molecule has 0 aliphatic carbocycles. The maximum Gasteiger partial charge on any atom is 0.0701 e. The molecule has 5 heteroatoms. The maximum atomic E-state index is 6.16. The van der Waals surface area contributed by atoms with Crippen LogP contribution in [0.5, 0.6) is 0 Å². The van der Waals surface area contributed by atoms with Crippen molar-refractivity contribution in [1.82, 2.24) is 5.32 Å². The topological polar surface area (TPSA) is 12.0 Å². The van der Waals surface area contributed by atoms with Crippen molar-refractivity contribution in [3.8, 4) is 0 Å². The third-order valence-electron chi connectivity index (χ3n) is 3.48.